The number of carboxylic acid groups (broad SMARTS) is 1. The summed E-state index contributed by atoms with van der Waals surface area (Å²) < 4.78 is 20.1. The molecule has 9 heteroatoms. The van der Waals surface area contributed by atoms with Crippen LogP contribution in [0.3, 0.4) is 0 Å². The topological polar surface area (TPSA) is 77.2 Å². The molecule has 0 radical (unpaired) electrons. The lowest BCUT2D eigenvalue weighted by Crippen LogP contribution is -2.26. The normalized spacial score (nSPS) is 11.5. The van der Waals surface area contributed by atoms with Crippen molar-refractivity contribution < 1.29 is 19.0 Å². The molecule has 3 rings (SSSR count). The molecular formula is C18H18FN3O3S2. The summed E-state index contributed by atoms with van der Waals surface area (Å²) in [6.07, 6.45) is 3.93. The lowest BCUT2D eigenvalue weighted by Gasteiger charge is -2.15. The molecule has 2 heterocycles. The van der Waals surface area contributed by atoms with Crippen molar-refractivity contribution in [2.24, 2.45) is 0 Å². The minimum atomic E-state index is -0.916. The fourth-order valence-electron chi connectivity index (χ4n) is 2.10. The molecule has 1 aromatic carbocycles. The van der Waals surface area contributed by atoms with Crippen LogP contribution in [0.25, 0.3) is 5.69 Å². The molecule has 0 aliphatic heterocycles. The molecule has 0 atom stereocenters. The van der Waals surface area contributed by atoms with Crippen molar-refractivity contribution in [3.63, 3.8) is 0 Å². The van der Waals surface area contributed by atoms with E-state index in [0.29, 0.717) is 18.8 Å². The lowest BCUT2D eigenvalue weighted by atomic mass is 10.2. The van der Waals surface area contributed by atoms with Crippen LogP contribution in [0.1, 0.15) is 19.5 Å². The summed E-state index contributed by atoms with van der Waals surface area (Å²) in [4.78, 5) is 15.6. The zero-order chi connectivity index (χ0) is 19.4. The maximum absolute atomic E-state index is 13.0. The van der Waals surface area contributed by atoms with Crippen LogP contribution in [0.15, 0.2) is 46.4 Å². The van der Waals surface area contributed by atoms with Crippen molar-refractivity contribution in [1.29, 1.82) is 0 Å². The second-order valence-electron chi connectivity index (χ2n) is 6.22. The van der Waals surface area contributed by atoms with Crippen LogP contribution < -0.4 is 4.74 Å². The van der Waals surface area contributed by atoms with Crippen molar-refractivity contribution in [3.05, 3.63) is 53.6 Å². The number of hydrogen-bond donors (Lipinski definition) is 1. The molecule has 0 saturated carbocycles. The van der Waals surface area contributed by atoms with Gasteiger partial charge in [-0.3, -0.25) is 4.79 Å². The van der Waals surface area contributed by atoms with Crippen LogP contribution in [0.5, 0.6) is 5.75 Å². The van der Waals surface area contributed by atoms with E-state index in [1.807, 2.05) is 5.38 Å². The second-order valence-corrected chi connectivity index (χ2v) is 8.95. The number of nitrogens with zero attached hydrogens (tertiary/aromatic N) is 3. The first-order valence-electron chi connectivity index (χ1n) is 8.14. The number of thiazole rings is 1. The van der Waals surface area contributed by atoms with Crippen LogP contribution in [0.4, 0.5) is 4.39 Å². The molecule has 2 aromatic heterocycles. The Morgan fingerprint density at radius 3 is 2.81 bits per heavy atom. The molecule has 0 amide bonds. The smallest absolute Gasteiger partial charge is 0.319 e. The predicted octanol–water partition coefficient (Wildman–Crippen LogP) is 4.04. The molecule has 0 fully saturated rings. The van der Waals surface area contributed by atoms with Crippen molar-refractivity contribution in [3.8, 4) is 11.4 Å². The van der Waals surface area contributed by atoms with Gasteiger partial charge in [0.25, 0.3) is 0 Å². The minimum absolute atomic E-state index is 0.296. The number of benzene rings is 1. The Kier molecular flexibility index (Phi) is 5.81. The highest BCUT2D eigenvalue weighted by Gasteiger charge is 2.29. The number of halogens is 1. The third-order valence-electron chi connectivity index (χ3n) is 3.67. The Morgan fingerprint density at radius 2 is 2.11 bits per heavy atom. The molecule has 6 nitrogen and oxygen atoms in total. The van der Waals surface area contributed by atoms with E-state index in [1.165, 1.54) is 35.2 Å². The third-order valence-corrected chi connectivity index (χ3v) is 5.84. The van der Waals surface area contributed by atoms with Gasteiger partial charge in [0.2, 0.25) is 0 Å². The first-order chi connectivity index (χ1) is 12.8. The Balaban J connectivity index is 1.52. The molecule has 0 spiro atoms. The maximum atomic E-state index is 13.0. The standard InChI is InChI=1S/C18H18FN3O3S2/c1-18(2,16(23)24)27-17-21-13(11-26-17)7-8-25-15-9-20-22(10-15)14-5-3-12(19)4-6-14/h3-6,9-11H,7-8H2,1-2H3,(H,23,24). The zero-order valence-corrected chi connectivity index (χ0v) is 16.4. The fourth-order valence-corrected chi connectivity index (χ4v) is 4.33. The highest BCUT2D eigenvalue weighted by molar-refractivity contribution is 8.02. The van der Waals surface area contributed by atoms with Crippen LogP contribution in [-0.2, 0) is 11.2 Å². The summed E-state index contributed by atoms with van der Waals surface area (Å²) in [6.45, 7) is 3.73. The number of hydrogen-bond acceptors (Lipinski definition) is 6. The van der Waals surface area contributed by atoms with Crippen LogP contribution in [-0.4, -0.2) is 37.2 Å². The summed E-state index contributed by atoms with van der Waals surface area (Å²) in [7, 11) is 0. The molecule has 142 valence electrons. The average Bonchev–Trinajstić information content (AvgIpc) is 3.25. The highest BCUT2D eigenvalue weighted by atomic mass is 32.2. The van der Waals surface area contributed by atoms with E-state index in [0.717, 1.165) is 15.7 Å². The lowest BCUT2D eigenvalue weighted by molar-refractivity contribution is -0.138. The van der Waals surface area contributed by atoms with Gasteiger partial charge in [0.1, 0.15) is 10.6 Å². The summed E-state index contributed by atoms with van der Waals surface area (Å²) >= 11 is 2.66. The van der Waals surface area contributed by atoms with Crippen molar-refractivity contribution in [1.82, 2.24) is 14.8 Å². The molecule has 1 N–H and O–H groups in total. The Morgan fingerprint density at radius 1 is 1.37 bits per heavy atom. The van der Waals surface area contributed by atoms with Gasteiger partial charge in [-0.15, -0.1) is 11.3 Å². The summed E-state index contributed by atoms with van der Waals surface area (Å²) in [5.74, 6) is -0.558. The molecule has 3 aromatic rings. The van der Waals surface area contributed by atoms with Gasteiger partial charge in [0.15, 0.2) is 10.1 Å². The van der Waals surface area contributed by atoms with E-state index >= 15 is 0 Å². The van der Waals surface area contributed by atoms with E-state index in [1.54, 1.807) is 43.1 Å². The van der Waals surface area contributed by atoms with Gasteiger partial charge in [-0.2, -0.15) is 5.10 Å². The zero-order valence-electron chi connectivity index (χ0n) is 14.8. The highest BCUT2D eigenvalue weighted by Crippen LogP contribution is 2.34. The van der Waals surface area contributed by atoms with Crippen LogP contribution in [0, 0.1) is 5.82 Å². The van der Waals surface area contributed by atoms with Crippen molar-refractivity contribution in [2.75, 3.05) is 6.61 Å². The SMILES string of the molecule is CC(C)(Sc1nc(CCOc2cnn(-c3ccc(F)cc3)c2)cs1)C(=O)O. The number of rotatable bonds is 8. The molecule has 0 aliphatic rings. The molecular weight excluding hydrogens is 389 g/mol. The van der Waals surface area contributed by atoms with Crippen molar-refractivity contribution in [2.45, 2.75) is 29.4 Å². The van der Waals surface area contributed by atoms with E-state index < -0.39 is 10.7 Å². The number of aliphatic carboxylic acids is 1. The van der Waals surface area contributed by atoms with E-state index in [2.05, 4.69) is 10.1 Å². The fraction of sp³-hybridized carbons (Fsp3) is 0.278. The quantitative estimate of drug-likeness (QED) is 0.568. The number of thioether (sulfide) groups is 1. The van der Waals surface area contributed by atoms with E-state index in [9.17, 15) is 14.3 Å². The second kappa shape index (κ2) is 8.10. The van der Waals surface area contributed by atoms with Crippen LogP contribution >= 0.6 is 23.1 Å². The van der Waals surface area contributed by atoms with Gasteiger partial charge in [0.05, 0.1) is 30.4 Å². The largest absolute Gasteiger partial charge is 0.490 e. The van der Waals surface area contributed by atoms with Gasteiger partial charge in [-0.05, 0) is 38.1 Å². The summed E-state index contributed by atoms with van der Waals surface area (Å²) in [5.41, 5.74) is 1.60. The Labute approximate surface area is 164 Å². The monoisotopic (exact) mass is 407 g/mol. The molecule has 0 unspecified atom stereocenters. The van der Waals surface area contributed by atoms with Gasteiger partial charge in [0, 0.05) is 11.8 Å². The maximum Gasteiger partial charge on any atom is 0.319 e. The average molecular weight is 407 g/mol. The molecule has 27 heavy (non-hydrogen) atoms. The number of aromatic nitrogens is 3. The number of ether oxygens (including phenoxy) is 1. The van der Waals surface area contributed by atoms with Gasteiger partial charge < -0.3 is 9.84 Å². The number of carboxylic acids is 1. The molecule has 0 bridgehead atoms. The minimum Gasteiger partial charge on any atom is -0.490 e. The van der Waals surface area contributed by atoms with Gasteiger partial charge >= 0.3 is 5.97 Å². The molecule has 0 saturated heterocycles. The Bertz CT molecular complexity index is 922. The van der Waals surface area contributed by atoms with E-state index in [4.69, 9.17) is 4.74 Å². The number of carbonyl (C=O) groups is 1. The summed E-state index contributed by atoms with van der Waals surface area (Å²) in [5, 5.41) is 15.3. The Hall–Kier alpha value is -2.39. The van der Waals surface area contributed by atoms with Gasteiger partial charge in [-0.25, -0.2) is 14.1 Å². The van der Waals surface area contributed by atoms with Crippen LogP contribution in [0.2, 0.25) is 0 Å². The first-order valence-corrected chi connectivity index (χ1v) is 9.83. The molecule has 0 aliphatic carbocycles. The first kappa shape index (κ1) is 19.4. The van der Waals surface area contributed by atoms with E-state index in [-0.39, 0.29) is 5.82 Å². The van der Waals surface area contributed by atoms with Gasteiger partial charge in [-0.1, -0.05) is 11.8 Å². The predicted molar refractivity (Wildman–Crippen MR) is 102 cm³/mol. The third kappa shape index (κ3) is 5.08. The van der Waals surface area contributed by atoms with Crippen molar-refractivity contribution >= 4 is 29.1 Å². The summed E-state index contributed by atoms with van der Waals surface area (Å²) in [6, 6.07) is 6.03.